The van der Waals surface area contributed by atoms with Gasteiger partial charge in [0.15, 0.2) is 0 Å². The van der Waals surface area contributed by atoms with Crippen LogP contribution in [0.3, 0.4) is 0 Å². The highest BCUT2D eigenvalue weighted by molar-refractivity contribution is 6.04. The topological polar surface area (TPSA) is 102 Å². The third-order valence-corrected chi connectivity index (χ3v) is 7.81. The molecule has 3 aromatic carbocycles. The zero-order valence-corrected chi connectivity index (χ0v) is 23.0. The minimum atomic E-state index is -0.427. The third-order valence-electron chi connectivity index (χ3n) is 7.81. The van der Waals surface area contributed by atoms with Crippen LogP contribution >= 0.6 is 0 Å². The van der Waals surface area contributed by atoms with Crippen molar-refractivity contribution in [2.75, 3.05) is 26.9 Å². The Labute approximate surface area is 235 Å². The number of methoxy groups -OCH3 is 1. The average Bonchev–Trinajstić information content (AvgIpc) is 3.24. The van der Waals surface area contributed by atoms with Gasteiger partial charge in [0.1, 0.15) is 0 Å². The summed E-state index contributed by atoms with van der Waals surface area (Å²) in [7, 11) is 3.09. The number of carbonyl (C=O) groups excluding carboxylic acids is 2. The minimum absolute atomic E-state index is 0.192. The molecule has 9 nitrogen and oxygen atoms in total. The highest BCUT2D eigenvalue weighted by Gasteiger charge is 2.42. The Bertz CT molecular complexity index is 1850. The van der Waals surface area contributed by atoms with Crippen molar-refractivity contribution in [2.45, 2.75) is 18.8 Å². The van der Waals surface area contributed by atoms with Crippen molar-refractivity contribution in [1.29, 1.82) is 0 Å². The van der Waals surface area contributed by atoms with E-state index in [0.29, 0.717) is 36.6 Å². The van der Waals surface area contributed by atoms with Crippen molar-refractivity contribution in [3.8, 4) is 16.8 Å². The van der Waals surface area contributed by atoms with E-state index < -0.39 is 11.4 Å². The molecule has 0 amide bonds. The van der Waals surface area contributed by atoms with Crippen molar-refractivity contribution in [3.63, 3.8) is 0 Å². The first-order chi connectivity index (χ1) is 19.8. The number of imidazole rings is 1. The van der Waals surface area contributed by atoms with Crippen LogP contribution in [0.1, 0.15) is 29.3 Å². The number of carbonyl (C=O) groups is 2. The van der Waals surface area contributed by atoms with Gasteiger partial charge < -0.3 is 14.2 Å². The van der Waals surface area contributed by atoms with E-state index in [1.807, 2.05) is 54.6 Å². The summed E-state index contributed by atoms with van der Waals surface area (Å²) in [5.41, 5.74) is 5.57. The van der Waals surface area contributed by atoms with E-state index in [0.717, 1.165) is 33.1 Å². The van der Waals surface area contributed by atoms with Crippen molar-refractivity contribution < 1.29 is 23.8 Å². The molecule has 0 radical (unpaired) electrons. The van der Waals surface area contributed by atoms with Gasteiger partial charge in [0.05, 0.1) is 72.8 Å². The molecule has 0 aliphatic carbocycles. The summed E-state index contributed by atoms with van der Waals surface area (Å²) >= 11 is 0. The number of benzene rings is 3. The summed E-state index contributed by atoms with van der Waals surface area (Å²) in [4.78, 5) is 42.3. The predicted octanol–water partition coefficient (Wildman–Crippen LogP) is 4.55. The molecule has 1 fully saturated rings. The monoisotopic (exact) mass is 551 g/mol. The first-order valence-electron chi connectivity index (χ1n) is 13.4. The zero-order valence-electron chi connectivity index (χ0n) is 23.0. The van der Waals surface area contributed by atoms with Gasteiger partial charge in [-0.3, -0.25) is 18.9 Å². The quantitative estimate of drug-likeness (QED) is 0.274. The highest BCUT2D eigenvalue weighted by atomic mass is 16.5. The second-order valence-electron chi connectivity index (χ2n) is 10.3. The fraction of sp³-hybridized carbons (Fsp3) is 0.250. The fourth-order valence-corrected chi connectivity index (χ4v) is 5.50. The van der Waals surface area contributed by atoms with E-state index in [9.17, 15) is 14.4 Å². The number of fused-ring (bicyclic) bond motifs is 3. The van der Waals surface area contributed by atoms with E-state index in [-0.39, 0.29) is 18.1 Å². The van der Waals surface area contributed by atoms with Gasteiger partial charge in [-0.25, -0.2) is 9.59 Å². The van der Waals surface area contributed by atoms with Gasteiger partial charge in [0.2, 0.25) is 0 Å². The number of hydrogen-bond donors (Lipinski definition) is 0. The maximum absolute atomic E-state index is 13.6. The SMILES string of the molecule is CCOC(=O)CC1(c2ccc(-n3c(=O)n(C)c4cnc5ccc(-c6ccc(C(=O)OC)cc6)cc5c43)cc2)COC1. The van der Waals surface area contributed by atoms with E-state index >= 15 is 0 Å². The molecule has 2 aromatic heterocycles. The normalized spacial score (nSPS) is 14.1. The van der Waals surface area contributed by atoms with Crippen LogP contribution in [0.15, 0.2) is 77.7 Å². The van der Waals surface area contributed by atoms with Crippen molar-refractivity contribution in [2.24, 2.45) is 7.05 Å². The molecule has 9 heteroatoms. The second-order valence-corrected chi connectivity index (χ2v) is 10.3. The molecule has 0 unspecified atom stereocenters. The van der Waals surface area contributed by atoms with Gasteiger partial charge in [0.25, 0.3) is 0 Å². The lowest BCUT2D eigenvalue weighted by Gasteiger charge is -2.41. The molecule has 1 aliphatic heterocycles. The maximum Gasteiger partial charge on any atom is 0.337 e. The Hall–Kier alpha value is -4.76. The van der Waals surface area contributed by atoms with Gasteiger partial charge in [-0.05, 0) is 60.0 Å². The average molecular weight is 552 g/mol. The minimum Gasteiger partial charge on any atom is -0.466 e. The Morgan fingerprint density at radius 3 is 2.34 bits per heavy atom. The summed E-state index contributed by atoms with van der Waals surface area (Å²) in [6.07, 6.45) is 1.96. The molecule has 0 saturated carbocycles. The highest BCUT2D eigenvalue weighted by Crippen LogP contribution is 2.37. The Morgan fingerprint density at radius 2 is 1.71 bits per heavy atom. The molecule has 5 aromatic rings. The number of hydrogen-bond acceptors (Lipinski definition) is 7. The standard InChI is InChI=1S/C32H29N3O6/c1-4-41-28(36)16-32(18-40-19-32)23-10-12-24(13-11-23)35-29-25-15-22(20-5-7-21(8-6-20)30(37)39-3)9-14-26(25)33-17-27(29)34(2)31(35)38/h5-15,17H,4,16,18-19H2,1-3H3. The van der Waals surface area contributed by atoms with E-state index in [1.54, 1.807) is 41.4 Å². The molecule has 0 bridgehead atoms. The Kier molecular flexibility index (Phi) is 6.67. The number of esters is 2. The van der Waals surface area contributed by atoms with Crippen molar-refractivity contribution in [3.05, 3.63) is 94.5 Å². The first kappa shape index (κ1) is 26.5. The van der Waals surface area contributed by atoms with Crippen LogP contribution in [-0.2, 0) is 31.5 Å². The number of rotatable bonds is 7. The lowest BCUT2D eigenvalue weighted by molar-refractivity contribution is -0.151. The van der Waals surface area contributed by atoms with E-state index in [4.69, 9.17) is 14.2 Å². The Balaban J connectivity index is 1.44. The van der Waals surface area contributed by atoms with Gasteiger partial charge in [0, 0.05) is 12.4 Å². The van der Waals surface area contributed by atoms with Crippen molar-refractivity contribution >= 4 is 33.9 Å². The Morgan fingerprint density at radius 1 is 1.00 bits per heavy atom. The summed E-state index contributed by atoms with van der Waals surface area (Å²) in [5, 5.41) is 0.824. The maximum atomic E-state index is 13.6. The third kappa shape index (κ3) is 4.48. The lowest BCUT2D eigenvalue weighted by atomic mass is 9.76. The van der Waals surface area contributed by atoms with Gasteiger partial charge in [-0.2, -0.15) is 0 Å². The molecule has 1 saturated heterocycles. The van der Waals surface area contributed by atoms with Gasteiger partial charge >= 0.3 is 17.6 Å². The zero-order chi connectivity index (χ0) is 28.7. The van der Waals surface area contributed by atoms with Crippen LogP contribution in [0, 0.1) is 0 Å². The van der Waals surface area contributed by atoms with Gasteiger partial charge in [-0.1, -0.05) is 30.3 Å². The van der Waals surface area contributed by atoms with Gasteiger partial charge in [-0.15, -0.1) is 0 Å². The van der Waals surface area contributed by atoms with Crippen LogP contribution in [0.4, 0.5) is 0 Å². The summed E-state index contributed by atoms with van der Waals surface area (Å²) in [6.45, 7) is 3.02. The van der Waals surface area contributed by atoms with E-state index in [2.05, 4.69) is 4.98 Å². The predicted molar refractivity (Wildman–Crippen MR) is 154 cm³/mol. The number of ether oxygens (including phenoxy) is 3. The molecule has 3 heterocycles. The molecule has 1 aliphatic rings. The first-order valence-corrected chi connectivity index (χ1v) is 13.4. The van der Waals surface area contributed by atoms with Crippen LogP contribution in [0.25, 0.3) is 38.8 Å². The van der Waals surface area contributed by atoms with Crippen LogP contribution in [-0.4, -0.2) is 53.0 Å². The molecule has 0 N–H and O–H groups in total. The number of nitrogens with zero attached hydrogens (tertiary/aromatic N) is 3. The van der Waals surface area contributed by atoms with Crippen LogP contribution in [0.5, 0.6) is 0 Å². The number of aryl methyl sites for hydroxylation is 1. The van der Waals surface area contributed by atoms with Crippen LogP contribution in [0.2, 0.25) is 0 Å². The summed E-state index contributed by atoms with van der Waals surface area (Å²) < 4.78 is 18.8. The second kappa shape index (κ2) is 10.3. The molecular weight excluding hydrogens is 522 g/mol. The molecule has 41 heavy (non-hydrogen) atoms. The summed E-state index contributed by atoms with van der Waals surface area (Å²) in [5.74, 6) is -0.642. The molecule has 208 valence electrons. The molecule has 6 rings (SSSR count). The summed E-state index contributed by atoms with van der Waals surface area (Å²) in [6, 6.07) is 20.8. The largest absolute Gasteiger partial charge is 0.466 e. The molecule has 0 spiro atoms. The van der Waals surface area contributed by atoms with Crippen molar-refractivity contribution in [1.82, 2.24) is 14.1 Å². The molecular formula is C32H29N3O6. The fourth-order valence-electron chi connectivity index (χ4n) is 5.50. The number of pyridine rings is 1. The molecule has 0 atom stereocenters. The number of aromatic nitrogens is 3. The van der Waals surface area contributed by atoms with E-state index in [1.165, 1.54) is 7.11 Å². The smallest absolute Gasteiger partial charge is 0.337 e. The van der Waals surface area contributed by atoms with Crippen LogP contribution < -0.4 is 5.69 Å². The lowest BCUT2D eigenvalue weighted by Crippen LogP contribution is -2.48.